The normalized spacial score (nSPS) is 14.7. The van der Waals surface area contributed by atoms with E-state index in [1.54, 1.807) is 7.11 Å². The first-order valence-corrected chi connectivity index (χ1v) is 9.63. The summed E-state index contributed by atoms with van der Waals surface area (Å²) in [5.74, 6) is -0.547. The second-order valence-corrected chi connectivity index (χ2v) is 7.20. The Bertz CT molecular complexity index is 218. The quantitative estimate of drug-likeness (QED) is 0.203. The Morgan fingerprint density at radius 2 is 1.60 bits per heavy atom. The molecule has 20 heavy (non-hydrogen) atoms. The van der Waals surface area contributed by atoms with Crippen LogP contribution in [-0.4, -0.2) is 29.7 Å². The number of rotatable bonds is 14. The first-order valence-electron chi connectivity index (χ1n) is 7.63. The summed E-state index contributed by atoms with van der Waals surface area (Å²) in [4.78, 5) is -0.506. The number of alkyl halides is 3. The molecule has 0 aromatic rings. The van der Waals surface area contributed by atoms with E-state index in [0.29, 0.717) is 6.61 Å². The molecule has 0 spiro atoms. The van der Waals surface area contributed by atoms with E-state index in [1.165, 1.54) is 38.5 Å². The second-order valence-electron chi connectivity index (χ2n) is 5.13. The Morgan fingerprint density at radius 1 is 1.00 bits per heavy atom. The molecular formula is C15H29BrCl2O2. The lowest BCUT2D eigenvalue weighted by Crippen LogP contribution is -2.37. The van der Waals surface area contributed by atoms with Crippen LogP contribution < -0.4 is 0 Å². The van der Waals surface area contributed by atoms with Crippen LogP contribution in [0.5, 0.6) is 0 Å². The summed E-state index contributed by atoms with van der Waals surface area (Å²) in [6.45, 7) is 2.55. The monoisotopic (exact) mass is 390 g/mol. The summed E-state index contributed by atoms with van der Waals surface area (Å²) in [6, 6.07) is 0. The van der Waals surface area contributed by atoms with Gasteiger partial charge in [0, 0.05) is 25.3 Å². The zero-order chi connectivity index (χ0) is 15.3. The maximum absolute atomic E-state index is 5.81. The molecule has 0 amide bonds. The zero-order valence-electron chi connectivity index (χ0n) is 12.8. The largest absolute Gasteiger partial charge is 0.353 e. The predicted molar refractivity (Wildman–Crippen MR) is 92.2 cm³/mol. The first-order chi connectivity index (χ1) is 9.60. The molecule has 1 atom stereocenters. The van der Waals surface area contributed by atoms with Crippen molar-refractivity contribution in [3.05, 3.63) is 0 Å². The van der Waals surface area contributed by atoms with Crippen LogP contribution in [0.1, 0.15) is 64.7 Å². The summed E-state index contributed by atoms with van der Waals surface area (Å²) in [6.07, 6.45) is 10.7. The molecule has 1 unspecified atom stereocenters. The Hall–Kier alpha value is 0.980. The third-order valence-corrected chi connectivity index (χ3v) is 4.13. The van der Waals surface area contributed by atoms with Crippen molar-refractivity contribution < 1.29 is 9.47 Å². The van der Waals surface area contributed by atoms with E-state index in [4.69, 9.17) is 32.7 Å². The van der Waals surface area contributed by atoms with Gasteiger partial charge in [0.15, 0.2) is 5.79 Å². The summed E-state index contributed by atoms with van der Waals surface area (Å²) >= 11 is 15.0. The van der Waals surface area contributed by atoms with Crippen LogP contribution in [-0.2, 0) is 9.47 Å². The number of halogens is 3. The van der Waals surface area contributed by atoms with Crippen LogP contribution in [0.4, 0.5) is 0 Å². The van der Waals surface area contributed by atoms with Gasteiger partial charge in [0.25, 0.3) is 0 Å². The van der Waals surface area contributed by atoms with Crippen molar-refractivity contribution in [1.82, 2.24) is 0 Å². The van der Waals surface area contributed by atoms with Crippen molar-refractivity contribution in [2.75, 3.05) is 19.0 Å². The van der Waals surface area contributed by atoms with E-state index in [0.717, 1.165) is 24.6 Å². The first kappa shape index (κ1) is 21.0. The SMILES string of the molecule is CCCCCCCCCC(CCBr)(OC)OCC(Cl)Cl. The number of ether oxygens (including phenoxy) is 2. The van der Waals surface area contributed by atoms with Crippen LogP contribution in [0.3, 0.4) is 0 Å². The topological polar surface area (TPSA) is 18.5 Å². The molecule has 0 fully saturated rings. The number of hydrogen-bond acceptors (Lipinski definition) is 2. The van der Waals surface area contributed by atoms with Crippen molar-refractivity contribution in [2.24, 2.45) is 0 Å². The highest BCUT2D eigenvalue weighted by molar-refractivity contribution is 9.09. The molecule has 0 heterocycles. The molecule has 0 rings (SSSR count). The van der Waals surface area contributed by atoms with Gasteiger partial charge >= 0.3 is 0 Å². The lowest BCUT2D eigenvalue weighted by Gasteiger charge is -2.32. The van der Waals surface area contributed by atoms with Crippen molar-refractivity contribution >= 4 is 39.1 Å². The summed E-state index contributed by atoms with van der Waals surface area (Å²) in [7, 11) is 1.70. The van der Waals surface area contributed by atoms with Crippen LogP contribution in [0.15, 0.2) is 0 Å². The molecular weight excluding hydrogens is 363 g/mol. The van der Waals surface area contributed by atoms with Gasteiger partial charge in [-0.05, 0) is 6.42 Å². The molecule has 0 saturated heterocycles. The fraction of sp³-hybridized carbons (Fsp3) is 1.00. The summed E-state index contributed by atoms with van der Waals surface area (Å²) in [5, 5.41) is 0.840. The van der Waals surface area contributed by atoms with E-state index in [-0.39, 0.29) is 0 Å². The molecule has 5 heteroatoms. The molecule has 0 aliphatic carbocycles. The van der Waals surface area contributed by atoms with E-state index in [2.05, 4.69) is 22.9 Å². The highest BCUT2D eigenvalue weighted by Gasteiger charge is 2.30. The van der Waals surface area contributed by atoms with Gasteiger partial charge in [-0.3, -0.25) is 0 Å². The van der Waals surface area contributed by atoms with Gasteiger partial charge in [0.1, 0.15) is 4.84 Å². The molecule has 122 valence electrons. The Kier molecular flexibility index (Phi) is 14.3. The maximum atomic E-state index is 5.81. The minimum Gasteiger partial charge on any atom is -0.353 e. The second kappa shape index (κ2) is 13.6. The lowest BCUT2D eigenvalue weighted by molar-refractivity contribution is -0.226. The van der Waals surface area contributed by atoms with Gasteiger partial charge < -0.3 is 9.47 Å². The third-order valence-electron chi connectivity index (χ3n) is 3.48. The van der Waals surface area contributed by atoms with Gasteiger partial charge in [-0.1, -0.05) is 61.4 Å². The fourth-order valence-corrected chi connectivity index (χ4v) is 2.97. The number of unbranched alkanes of at least 4 members (excludes halogenated alkanes) is 6. The molecule has 0 aliphatic heterocycles. The van der Waals surface area contributed by atoms with E-state index in [9.17, 15) is 0 Å². The molecule has 0 aromatic heterocycles. The van der Waals surface area contributed by atoms with Crippen molar-refractivity contribution in [3.63, 3.8) is 0 Å². The highest BCUT2D eigenvalue weighted by Crippen LogP contribution is 2.27. The highest BCUT2D eigenvalue weighted by atomic mass is 79.9. The fourth-order valence-electron chi connectivity index (χ4n) is 2.24. The summed E-state index contributed by atoms with van der Waals surface area (Å²) < 4.78 is 11.4. The van der Waals surface area contributed by atoms with Crippen molar-refractivity contribution in [2.45, 2.75) is 75.3 Å². The van der Waals surface area contributed by atoms with Gasteiger partial charge in [0.05, 0.1) is 6.61 Å². The minimum atomic E-state index is -0.547. The van der Waals surface area contributed by atoms with Gasteiger partial charge in [0.2, 0.25) is 0 Å². The predicted octanol–water partition coefficient (Wildman–Crippen LogP) is 6.08. The van der Waals surface area contributed by atoms with Gasteiger partial charge in [-0.2, -0.15) is 0 Å². The van der Waals surface area contributed by atoms with Crippen molar-refractivity contribution in [1.29, 1.82) is 0 Å². The Morgan fingerprint density at radius 3 is 2.10 bits per heavy atom. The van der Waals surface area contributed by atoms with Gasteiger partial charge in [-0.15, -0.1) is 23.2 Å². The molecule has 0 aromatic carbocycles. The third kappa shape index (κ3) is 10.7. The molecule has 0 N–H and O–H groups in total. The van der Waals surface area contributed by atoms with Crippen LogP contribution in [0, 0.1) is 0 Å². The molecule has 2 nitrogen and oxygen atoms in total. The van der Waals surface area contributed by atoms with E-state index in [1.807, 2.05) is 0 Å². The smallest absolute Gasteiger partial charge is 0.168 e. The maximum Gasteiger partial charge on any atom is 0.168 e. The molecule has 0 aliphatic rings. The van der Waals surface area contributed by atoms with E-state index >= 15 is 0 Å². The Balaban J connectivity index is 3.96. The average Bonchev–Trinajstić information content (AvgIpc) is 2.43. The minimum absolute atomic E-state index is 0.306. The standard InChI is InChI=1S/C15H29BrCl2O2/c1-3-4-5-6-7-8-9-10-15(19-2,11-12-16)20-13-14(17)18/h14H,3-13H2,1-2H3. The molecule has 0 bridgehead atoms. The van der Waals surface area contributed by atoms with E-state index < -0.39 is 10.6 Å². The lowest BCUT2D eigenvalue weighted by atomic mass is 10.0. The number of methoxy groups -OCH3 is 1. The van der Waals surface area contributed by atoms with Crippen LogP contribution >= 0.6 is 39.1 Å². The molecule has 0 saturated carbocycles. The zero-order valence-corrected chi connectivity index (χ0v) is 15.9. The van der Waals surface area contributed by atoms with Crippen LogP contribution in [0.25, 0.3) is 0 Å². The number of hydrogen-bond donors (Lipinski definition) is 0. The van der Waals surface area contributed by atoms with Gasteiger partial charge in [-0.25, -0.2) is 0 Å². The summed E-state index contributed by atoms with van der Waals surface area (Å²) in [5.41, 5.74) is 0. The van der Waals surface area contributed by atoms with Crippen LogP contribution in [0.2, 0.25) is 0 Å². The average molecular weight is 392 g/mol. The van der Waals surface area contributed by atoms with Crippen molar-refractivity contribution in [3.8, 4) is 0 Å². The molecule has 0 radical (unpaired) electrons. The Labute approximate surface area is 143 Å².